The lowest BCUT2D eigenvalue weighted by molar-refractivity contribution is -0.139. The molecule has 0 saturated heterocycles. The number of thioether (sulfide) groups is 1. The Bertz CT molecular complexity index is 1330. The second-order valence-electron chi connectivity index (χ2n) is 9.37. The highest BCUT2D eigenvalue weighted by Gasteiger charge is 2.32. The van der Waals surface area contributed by atoms with Crippen molar-refractivity contribution < 1.29 is 18.0 Å². The lowest BCUT2D eigenvalue weighted by Crippen LogP contribution is -2.52. The monoisotopic (exact) mass is 553 g/mol. The fourth-order valence-corrected chi connectivity index (χ4v) is 5.70. The van der Waals surface area contributed by atoms with Crippen molar-refractivity contribution in [3.8, 4) is 0 Å². The summed E-state index contributed by atoms with van der Waals surface area (Å²) < 4.78 is 28.8. The van der Waals surface area contributed by atoms with Crippen molar-refractivity contribution in [3.05, 3.63) is 90.0 Å². The molecule has 0 spiro atoms. The molecule has 0 aliphatic heterocycles. The van der Waals surface area contributed by atoms with E-state index in [1.165, 1.54) is 16.7 Å². The molecule has 0 saturated carbocycles. The Balaban J connectivity index is 2.01. The van der Waals surface area contributed by atoms with Gasteiger partial charge in [0.2, 0.25) is 11.8 Å². The average Bonchev–Trinajstić information content (AvgIpc) is 2.90. The van der Waals surface area contributed by atoms with E-state index in [0.29, 0.717) is 5.69 Å². The van der Waals surface area contributed by atoms with Crippen molar-refractivity contribution in [3.63, 3.8) is 0 Å². The Hall–Kier alpha value is -3.30. The summed E-state index contributed by atoms with van der Waals surface area (Å²) in [5.74, 6) is -0.785. The van der Waals surface area contributed by atoms with Crippen molar-refractivity contribution in [2.45, 2.75) is 56.1 Å². The van der Waals surface area contributed by atoms with Crippen molar-refractivity contribution in [1.82, 2.24) is 10.2 Å². The second kappa shape index (κ2) is 13.0. The molecule has 7 nitrogen and oxygen atoms in total. The van der Waals surface area contributed by atoms with Crippen LogP contribution >= 0.6 is 11.8 Å². The van der Waals surface area contributed by atoms with Gasteiger partial charge in [0.15, 0.2) is 0 Å². The maximum atomic E-state index is 13.9. The molecule has 0 heterocycles. The highest BCUT2D eigenvalue weighted by Crippen LogP contribution is 2.26. The molecule has 0 aromatic heterocycles. The van der Waals surface area contributed by atoms with Gasteiger partial charge in [0.1, 0.15) is 12.6 Å². The maximum Gasteiger partial charge on any atom is 0.264 e. The van der Waals surface area contributed by atoms with Crippen LogP contribution in [0.25, 0.3) is 0 Å². The second-order valence-corrected chi connectivity index (χ2v) is 12.1. The summed E-state index contributed by atoms with van der Waals surface area (Å²) in [7, 11) is -4.08. The first-order valence-electron chi connectivity index (χ1n) is 12.4. The zero-order valence-electron chi connectivity index (χ0n) is 22.4. The van der Waals surface area contributed by atoms with Gasteiger partial charge in [-0.15, -0.1) is 11.8 Å². The molecule has 3 aromatic rings. The standard InChI is InChI=1S/C29H35N3O4S2/c1-21(2)30-29(34)23(4)31(19-24-9-7-6-8-10-24)28(33)20-32(25-13-11-22(3)12-14-25)38(35,36)27-17-15-26(37-5)16-18-27/h6-18,21,23H,19-20H2,1-5H3,(H,30,34)/t23-/m1/s1. The number of aryl methyl sites for hydroxylation is 1. The van der Waals surface area contributed by atoms with Crippen LogP contribution < -0.4 is 9.62 Å². The van der Waals surface area contributed by atoms with Crippen molar-refractivity contribution >= 4 is 39.3 Å². The molecular formula is C29H35N3O4S2. The SMILES string of the molecule is CSc1ccc(S(=O)(=O)N(CC(=O)N(Cc2ccccc2)[C@H](C)C(=O)NC(C)C)c2ccc(C)cc2)cc1. The van der Waals surface area contributed by atoms with E-state index < -0.39 is 28.5 Å². The third kappa shape index (κ3) is 7.39. The highest BCUT2D eigenvalue weighted by atomic mass is 32.2. The Morgan fingerprint density at radius 1 is 0.895 bits per heavy atom. The molecule has 9 heteroatoms. The Kier molecular flexibility index (Phi) is 9.99. The van der Waals surface area contributed by atoms with Gasteiger partial charge in [-0.3, -0.25) is 13.9 Å². The van der Waals surface area contributed by atoms with Gasteiger partial charge in [-0.1, -0.05) is 48.0 Å². The molecule has 0 radical (unpaired) electrons. The summed E-state index contributed by atoms with van der Waals surface area (Å²) in [6, 6.07) is 22.0. The van der Waals surface area contributed by atoms with Crippen molar-refractivity contribution in [1.29, 1.82) is 0 Å². The Labute approximate surface area is 230 Å². The zero-order chi connectivity index (χ0) is 27.9. The minimum absolute atomic E-state index is 0.0869. The van der Waals surface area contributed by atoms with E-state index in [0.717, 1.165) is 20.3 Å². The van der Waals surface area contributed by atoms with E-state index >= 15 is 0 Å². The van der Waals surface area contributed by atoms with Gasteiger partial charge in [-0.2, -0.15) is 0 Å². The van der Waals surface area contributed by atoms with E-state index in [4.69, 9.17) is 0 Å². The highest BCUT2D eigenvalue weighted by molar-refractivity contribution is 7.98. The topological polar surface area (TPSA) is 86.8 Å². The lowest BCUT2D eigenvalue weighted by Gasteiger charge is -2.32. The molecule has 0 aliphatic carbocycles. The molecule has 1 atom stereocenters. The third-order valence-corrected chi connectivity index (χ3v) is 8.57. The van der Waals surface area contributed by atoms with E-state index in [9.17, 15) is 18.0 Å². The Morgan fingerprint density at radius 3 is 2.05 bits per heavy atom. The number of carbonyl (C=O) groups is 2. The van der Waals surface area contributed by atoms with Gasteiger partial charge < -0.3 is 10.2 Å². The molecule has 0 bridgehead atoms. The molecule has 1 N–H and O–H groups in total. The van der Waals surface area contributed by atoms with E-state index in [1.54, 1.807) is 55.5 Å². The van der Waals surface area contributed by atoms with Crippen molar-refractivity contribution in [2.75, 3.05) is 17.1 Å². The van der Waals surface area contributed by atoms with Crippen LogP contribution in [0.4, 0.5) is 5.69 Å². The molecule has 2 amide bonds. The predicted octanol–water partition coefficient (Wildman–Crippen LogP) is 4.85. The fraction of sp³-hybridized carbons (Fsp3) is 0.310. The molecule has 3 rings (SSSR count). The number of nitrogens with zero attached hydrogens (tertiary/aromatic N) is 2. The molecule has 0 fully saturated rings. The molecule has 38 heavy (non-hydrogen) atoms. The molecule has 202 valence electrons. The zero-order valence-corrected chi connectivity index (χ0v) is 24.1. The molecule has 0 unspecified atom stereocenters. The number of hydrogen-bond donors (Lipinski definition) is 1. The Morgan fingerprint density at radius 2 is 1.50 bits per heavy atom. The summed E-state index contributed by atoms with van der Waals surface area (Å²) >= 11 is 1.51. The fourth-order valence-electron chi connectivity index (χ4n) is 3.88. The minimum atomic E-state index is -4.08. The van der Waals surface area contributed by atoms with Gasteiger partial charge in [0.05, 0.1) is 10.6 Å². The first kappa shape index (κ1) is 29.3. The minimum Gasteiger partial charge on any atom is -0.352 e. The largest absolute Gasteiger partial charge is 0.352 e. The van der Waals surface area contributed by atoms with Gasteiger partial charge in [0.25, 0.3) is 10.0 Å². The normalized spacial score (nSPS) is 12.2. The van der Waals surface area contributed by atoms with Crippen molar-refractivity contribution in [2.24, 2.45) is 0 Å². The quantitative estimate of drug-likeness (QED) is 0.343. The van der Waals surface area contributed by atoms with Crippen LogP contribution in [-0.2, 0) is 26.2 Å². The van der Waals surface area contributed by atoms with E-state index in [-0.39, 0.29) is 23.4 Å². The van der Waals surface area contributed by atoms with E-state index in [1.807, 2.05) is 57.4 Å². The summed E-state index contributed by atoms with van der Waals surface area (Å²) in [6.45, 7) is 6.97. The average molecular weight is 554 g/mol. The van der Waals surface area contributed by atoms with Crippen LogP contribution in [-0.4, -0.2) is 50.0 Å². The predicted molar refractivity (Wildman–Crippen MR) is 154 cm³/mol. The van der Waals surface area contributed by atoms with Gasteiger partial charge in [-0.25, -0.2) is 8.42 Å². The van der Waals surface area contributed by atoms with Gasteiger partial charge >= 0.3 is 0 Å². The number of sulfonamides is 1. The number of amides is 2. The number of benzene rings is 3. The van der Waals surface area contributed by atoms with Crippen LogP contribution in [0.1, 0.15) is 31.9 Å². The van der Waals surface area contributed by atoms with Gasteiger partial charge in [0, 0.05) is 17.5 Å². The number of anilines is 1. The molecule has 0 aliphatic rings. The van der Waals surface area contributed by atoms with Crippen LogP contribution in [0.15, 0.2) is 88.7 Å². The van der Waals surface area contributed by atoms with Crippen LogP contribution in [0, 0.1) is 6.92 Å². The number of carbonyl (C=O) groups excluding carboxylic acids is 2. The number of rotatable bonds is 11. The summed E-state index contributed by atoms with van der Waals surface area (Å²) in [6.07, 6.45) is 1.92. The summed E-state index contributed by atoms with van der Waals surface area (Å²) in [5.41, 5.74) is 2.17. The number of hydrogen-bond acceptors (Lipinski definition) is 5. The van der Waals surface area contributed by atoms with Gasteiger partial charge in [-0.05, 0) is 75.9 Å². The van der Waals surface area contributed by atoms with Crippen LogP contribution in [0.3, 0.4) is 0 Å². The smallest absolute Gasteiger partial charge is 0.264 e. The van der Waals surface area contributed by atoms with Crippen LogP contribution in [0.2, 0.25) is 0 Å². The van der Waals surface area contributed by atoms with Crippen LogP contribution in [0.5, 0.6) is 0 Å². The third-order valence-electron chi connectivity index (χ3n) is 6.04. The lowest BCUT2D eigenvalue weighted by atomic mass is 10.1. The van der Waals surface area contributed by atoms with E-state index in [2.05, 4.69) is 5.32 Å². The summed E-state index contributed by atoms with van der Waals surface area (Å²) in [4.78, 5) is 29.2. The number of nitrogens with one attached hydrogen (secondary N) is 1. The summed E-state index contributed by atoms with van der Waals surface area (Å²) in [5, 5.41) is 2.86. The first-order valence-corrected chi connectivity index (χ1v) is 15.1. The first-order chi connectivity index (χ1) is 18.0. The molecule has 3 aromatic carbocycles. The molecular weight excluding hydrogens is 518 g/mol. The maximum absolute atomic E-state index is 13.9.